The maximum absolute atomic E-state index is 12.7. The quantitative estimate of drug-likeness (QED) is 0.648. The number of urea groups is 1. The summed E-state index contributed by atoms with van der Waals surface area (Å²) in [5.74, 6) is 1.26. The zero-order chi connectivity index (χ0) is 21.1. The topological polar surface area (TPSA) is 104 Å². The van der Waals surface area contributed by atoms with Gasteiger partial charge in [-0.3, -0.25) is 19.4 Å². The smallest absolute Gasteiger partial charge is 0.325 e. The van der Waals surface area contributed by atoms with Gasteiger partial charge >= 0.3 is 6.03 Å². The molecule has 0 radical (unpaired) electrons. The number of nitrogens with one attached hydrogen (secondary N) is 2. The summed E-state index contributed by atoms with van der Waals surface area (Å²) < 4.78 is 11.3. The Morgan fingerprint density at radius 3 is 2.63 bits per heavy atom. The fourth-order valence-corrected chi connectivity index (χ4v) is 4.64. The van der Waals surface area contributed by atoms with E-state index in [-0.39, 0.29) is 36.9 Å². The predicted octanol–water partition coefficient (Wildman–Crippen LogP) is 1.33. The van der Waals surface area contributed by atoms with Gasteiger partial charge in [0.25, 0.3) is 5.91 Å². The zero-order valence-corrected chi connectivity index (χ0v) is 17.4. The minimum Gasteiger partial charge on any atom is -0.465 e. The molecule has 1 aliphatic carbocycles. The highest BCUT2D eigenvalue weighted by Crippen LogP contribution is 2.35. The molecule has 1 saturated carbocycles. The number of furan rings is 1. The van der Waals surface area contributed by atoms with Crippen LogP contribution in [0.2, 0.25) is 0 Å². The van der Waals surface area contributed by atoms with E-state index >= 15 is 0 Å². The van der Waals surface area contributed by atoms with Crippen LogP contribution in [0.1, 0.15) is 49.7 Å². The lowest BCUT2D eigenvalue weighted by Gasteiger charge is -2.33. The second-order valence-electron chi connectivity index (χ2n) is 8.34. The van der Waals surface area contributed by atoms with E-state index in [1.54, 1.807) is 0 Å². The number of hydrogen-bond acceptors (Lipinski definition) is 6. The number of carbonyl (C=O) groups is 3. The van der Waals surface area contributed by atoms with Crippen LogP contribution in [0.3, 0.4) is 0 Å². The highest BCUT2D eigenvalue weighted by Gasteiger charge is 2.52. The molecule has 4 rings (SSSR count). The van der Waals surface area contributed by atoms with Crippen LogP contribution in [0.5, 0.6) is 0 Å². The monoisotopic (exact) mass is 418 g/mol. The molecule has 2 saturated heterocycles. The number of aryl methyl sites for hydroxylation is 1. The maximum atomic E-state index is 12.7. The minimum atomic E-state index is -0.730. The van der Waals surface area contributed by atoms with Crippen molar-refractivity contribution < 1.29 is 23.5 Å². The summed E-state index contributed by atoms with van der Waals surface area (Å²) >= 11 is 0. The van der Waals surface area contributed by atoms with E-state index in [0.717, 1.165) is 37.5 Å². The molecule has 0 bridgehead atoms. The number of imide groups is 1. The van der Waals surface area contributed by atoms with E-state index in [2.05, 4.69) is 15.5 Å². The van der Waals surface area contributed by atoms with Gasteiger partial charge in [0.15, 0.2) is 0 Å². The molecule has 1 aromatic heterocycles. The summed E-state index contributed by atoms with van der Waals surface area (Å²) in [5.41, 5.74) is -0.730. The van der Waals surface area contributed by atoms with Crippen LogP contribution in [0.15, 0.2) is 16.5 Å². The Hall–Kier alpha value is -2.39. The second kappa shape index (κ2) is 8.77. The normalized spacial score (nSPS) is 22.5. The van der Waals surface area contributed by atoms with E-state index in [0.29, 0.717) is 32.6 Å². The Bertz CT molecular complexity index is 795. The molecular weight excluding hydrogens is 388 g/mol. The second-order valence-corrected chi connectivity index (χ2v) is 8.34. The standard InChI is InChI=1S/C21H30N4O5/c1-15-4-5-17(30-15)16(24-10-12-29-13-11-24)14-22-18(26)6-9-25-19(27)21(23-20(25)28)7-2-3-8-21/h4-5,16H,2-3,6-14H2,1H3,(H,22,26)(H,23,28). The van der Waals surface area contributed by atoms with Crippen molar-refractivity contribution in [2.75, 3.05) is 39.4 Å². The first-order chi connectivity index (χ1) is 14.5. The molecule has 1 atom stereocenters. The van der Waals surface area contributed by atoms with Crippen molar-refractivity contribution in [3.05, 3.63) is 23.7 Å². The van der Waals surface area contributed by atoms with E-state index in [9.17, 15) is 14.4 Å². The van der Waals surface area contributed by atoms with E-state index in [1.165, 1.54) is 4.90 Å². The number of ether oxygens (including phenoxy) is 1. The van der Waals surface area contributed by atoms with Crippen LogP contribution in [-0.2, 0) is 14.3 Å². The zero-order valence-electron chi connectivity index (χ0n) is 17.4. The number of hydrogen-bond donors (Lipinski definition) is 2. The first-order valence-electron chi connectivity index (χ1n) is 10.8. The van der Waals surface area contributed by atoms with Crippen LogP contribution < -0.4 is 10.6 Å². The summed E-state index contributed by atoms with van der Waals surface area (Å²) in [4.78, 5) is 40.9. The molecule has 3 fully saturated rings. The molecule has 2 aliphatic heterocycles. The van der Waals surface area contributed by atoms with Gasteiger partial charge < -0.3 is 19.8 Å². The molecule has 1 aromatic rings. The summed E-state index contributed by atoms with van der Waals surface area (Å²) in [6.07, 6.45) is 3.33. The summed E-state index contributed by atoms with van der Waals surface area (Å²) in [6.45, 7) is 5.23. The van der Waals surface area contributed by atoms with Crippen molar-refractivity contribution in [1.82, 2.24) is 20.4 Å². The van der Waals surface area contributed by atoms with Gasteiger partial charge in [-0.05, 0) is 31.9 Å². The van der Waals surface area contributed by atoms with Crippen LogP contribution in [0.25, 0.3) is 0 Å². The van der Waals surface area contributed by atoms with Crippen molar-refractivity contribution in [2.24, 2.45) is 0 Å². The van der Waals surface area contributed by atoms with Crippen molar-refractivity contribution in [2.45, 2.75) is 50.6 Å². The SMILES string of the molecule is Cc1ccc(C(CNC(=O)CCN2C(=O)NC3(CCCC3)C2=O)N2CCOCC2)o1. The fraction of sp³-hybridized carbons (Fsp3) is 0.667. The van der Waals surface area contributed by atoms with Crippen LogP contribution in [-0.4, -0.2) is 72.6 Å². The molecule has 1 unspecified atom stereocenters. The van der Waals surface area contributed by atoms with Gasteiger partial charge in [-0.25, -0.2) is 4.79 Å². The molecule has 3 heterocycles. The maximum Gasteiger partial charge on any atom is 0.325 e. The molecule has 1 spiro atoms. The van der Waals surface area contributed by atoms with Gasteiger partial charge in [0.2, 0.25) is 5.91 Å². The Labute approximate surface area is 176 Å². The highest BCUT2D eigenvalue weighted by molar-refractivity contribution is 6.07. The number of amides is 4. The highest BCUT2D eigenvalue weighted by atomic mass is 16.5. The molecular formula is C21H30N4O5. The van der Waals surface area contributed by atoms with Crippen LogP contribution >= 0.6 is 0 Å². The van der Waals surface area contributed by atoms with Gasteiger partial charge in [-0.15, -0.1) is 0 Å². The molecule has 4 amide bonds. The van der Waals surface area contributed by atoms with Crippen molar-refractivity contribution in [3.63, 3.8) is 0 Å². The van der Waals surface area contributed by atoms with Crippen molar-refractivity contribution in [3.8, 4) is 0 Å². The lowest BCUT2D eigenvalue weighted by molar-refractivity contribution is -0.131. The van der Waals surface area contributed by atoms with Crippen LogP contribution in [0, 0.1) is 6.92 Å². The van der Waals surface area contributed by atoms with E-state index in [1.807, 2.05) is 19.1 Å². The number of nitrogens with zero attached hydrogens (tertiary/aromatic N) is 2. The third-order valence-electron chi connectivity index (χ3n) is 6.33. The average molecular weight is 418 g/mol. The summed E-state index contributed by atoms with van der Waals surface area (Å²) in [5, 5.41) is 5.80. The summed E-state index contributed by atoms with van der Waals surface area (Å²) in [6, 6.07) is 3.40. The fourth-order valence-electron chi connectivity index (χ4n) is 4.64. The Morgan fingerprint density at radius 1 is 1.23 bits per heavy atom. The number of morpholine rings is 1. The van der Waals surface area contributed by atoms with Crippen molar-refractivity contribution >= 4 is 17.8 Å². The van der Waals surface area contributed by atoms with Gasteiger partial charge in [0, 0.05) is 32.6 Å². The molecule has 9 nitrogen and oxygen atoms in total. The van der Waals surface area contributed by atoms with Gasteiger partial charge in [0.1, 0.15) is 17.1 Å². The molecule has 9 heteroatoms. The third-order valence-corrected chi connectivity index (χ3v) is 6.33. The Kier molecular flexibility index (Phi) is 6.10. The first-order valence-corrected chi connectivity index (χ1v) is 10.8. The lowest BCUT2D eigenvalue weighted by atomic mass is 9.98. The third kappa shape index (κ3) is 4.22. The van der Waals surface area contributed by atoms with Crippen molar-refractivity contribution in [1.29, 1.82) is 0 Å². The van der Waals surface area contributed by atoms with Gasteiger partial charge in [0.05, 0.1) is 19.3 Å². The predicted molar refractivity (Wildman–Crippen MR) is 108 cm³/mol. The summed E-state index contributed by atoms with van der Waals surface area (Å²) in [7, 11) is 0. The largest absolute Gasteiger partial charge is 0.465 e. The van der Waals surface area contributed by atoms with Gasteiger partial charge in [-0.1, -0.05) is 12.8 Å². The molecule has 164 valence electrons. The van der Waals surface area contributed by atoms with E-state index in [4.69, 9.17) is 9.15 Å². The average Bonchev–Trinajstić information content (AvgIpc) is 3.44. The minimum absolute atomic E-state index is 0.0787. The lowest BCUT2D eigenvalue weighted by Crippen LogP contribution is -2.45. The number of carbonyl (C=O) groups excluding carboxylic acids is 3. The Balaban J connectivity index is 1.31. The van der Waals surface area contributed by atoms with Crippen LogP contribution in [0.4, 0.5) is 4.79 Å². The number of rotatable bonds is 7. The molecule has 30 heavy (non-hydrogen) atoms. The van der Waals surface area contributed by atoms with Gasteiger partial charge in [-0.2, -0.15) is 0 Å². The Morgan fingerprint density at radius 2 is 1.97 bits per heavy atom. The molecule has 3 aliphatic rings. The molecule has 0 aromatic carbocycles. The molecule has 2 N–H and O–H groups in total. The first kappa shape index (κ1) is 20.9. The van der Waals surface area contributed by atoms with E-state index < -0.39 is 5.54 Å².